The molecule has 2 aromatic rings. The Balaban J connectivity index is 2.07. The molecule has 1 amide bonds. The lowest BCUT2D eigenvalue weighted by Gasteiger charge is -2.26. The van der Waals surface area contributed by atoms with Gasteiger partial charge in [0.25, 0.3) is 11.7 Å². The number of rotatable bonds is 6. The number of amides is 1. The van der Waals surface area contributed by atoms with Gasteiger partial charge < -0.3 is 14.9 Å². The van der Waals surface area contributed by atoms with Crippen LogP contribution in [-0.4, -0.2) is 53.8 Å². The number of aryl methyl sites for hydroxylation is 1. The third-order valence-corrected chi connectivity index (χ3v) is 5.06. The maximum atomic E-state index is 13.5. The molecule has 29 heavy (non-hydrogen) atoms. The normalized spacial score (nSPS) is 18.7. The fraction of sp³-hybridized carbons (Fsp3) is 0.304. The summed E-state index contributed by atoms with van der Waals surface area (Å²) >= 11 is 0. The molecular formula is C23H25FN2O3. The Morgan fingerprint density at radius 3 is 2.28 bits per heavy atom. The highest BCUT2D eigenvalue weighted by Crippen LogP contribution is 2.39. The van der Waals surface area contributed by atoms with Crippen molar-refractivity contribution in [2.24, 2.45) is 0 Å². The first-order valence-corrected chi connectivity index (χ1v) is 9.55. The predicted octanol–water partition coefficient (Wildman–Crippen LogP) is 3.51. The van der Waals surface area contributed by atoms with Crippen LogP contribution in [0.5, 0.6) is 0 Å². The zero-order chi connectivity index (χ0) is 21.1. The van der Waals surface area contributed by atoms with Crippen LogP contribution in [0.2, 0.25) is 0 Å². The highest BCUT2D eigenvalue weighted by atomic mass is 19.1. The number of carbonyl (C=O) groups is 2. The summed E-state index contributed by atoms with van der Waals surface area (Å²) < 4.78 is 13.5. The molecule has 152 valence electrons. The molecule has 1 aliphatic rings. The third kappa shape index (κ3) is 4.38. The zero-order valence-corrected chi connectivity index (χ0v) is 16.9. The van der Waals surface area contributed by atoms with Gasteiger partial charge in [0.05, 0.1) is 11.6 Å². The van der Waals surface area contributed by atoms with Crippen LogP contribution >= 0.6 is 0 Å². The molecule has 0 aliphatic carbocycles. The average molecular weight is 396 g/mol. The van der Waals surface area contributed by atoms with E-state index in [-0.39, 0.29) is 11.3 Å². The fourth-order valence-electron chi connectivity index (χ4n) is 3.53. The Bertz CT molecular complexity index is 934. The molecule has 0 aromatic heterocycles. The van der Waals surface area contributed by atoms with Gasteiger partial charge in [0, 0.05) is 12.1 Å². The van der Waals surface area contributed by atoms with Crippen molar-refractivity contribution in [1.29, 1.82) is 0 Å². The summed E-state index contributed by atoms with van der Waals surface area (Å²) in [4.78, 5) is 29.1. The van der Waals surface area contributed by atoms with E-state index in [0.717, 1.165) is 12.1 Å². The summed E-state index contributed by atoms with van der Waals surface area (Å²) in [6, 6.07) is 12.0. The van der Waals surface area contributed by atoms with E-state index in [9.17, 15) is 19.1 Å². The predicted molar refractivity (Wildman–Crippen MR) is 110 cm³/mol. The molecule has 0 bridgehead atoms. The van der Waals surface area contributed by atoms with E-state index < -0.39 is 23.5 Å². The van der Waals surface area contributed by atoms with Gasteiger partial charge in [0.15, 0.2) is 0 Å². The molecule has 6 heteroatoms. The topological polar surface area (TPSA) is 60.9 Å². The first-order valence-electron chi connectivity index (χ1n) is 9.55. The Morgan fingerprint density at radius 1 is 1.07 bits per heavy atom. The molecule has 0 radical (unpaired) electrons. The van der Waals surface area contributed by atoms with Crippen molar-refractivity contribution in [1.82, 2.24) is 9.80 Å². The van der Waals surface area contributed by atoms with Crippen LogP contribution in [0, 0.1) is 12.7 Å². The molecule has 1 aliphatic heterocycles. The minimum absolute atomic E-state index is 0.0373. The summed E-state index contributed by atoms with van der Waals surface area (Å²) in [6.45, 7) is 3.03. The van der Waals surface area contributed by atoms with Gasteiger partial charge in [-0.15, -0.1) is 0 Å². The molecule has 1 heterocycles. The van der Waals surface area contributed by atoms with Gasteiger partial charge in [-0.2, -0.15) is 0 Å². The number of aliphatic hydroxyl groups excluding tert-OH is 1. The van der Waals surface area contributed by atoms with Crippen molar-refractivity contribution in [2.45, 2.75) is 19.4 Å². The number of aliphatic hydroxyl groups is 1. The minimum atomic E-state index is -0.751. The number of hydrogen-bond acceptors (Lipinski definition) is 4. The van der Waals surface area contributed by atoms with Gasteiger partial charge >= 0.3 is 0 Å². The Hall–Kier alpha value is -2.99. The van der Waals surface area contributed by atoms with Crippen molar-refractivity contribution in [3.8, 4) is 0 Å². The van der Waals surface area contributed by atoms with Gasteiger partial charge in [-0.3, -0.25) is 9.59 Å². The molecule has 1 unspecified atom stereocenters. The monoisotopic (exact) mass is 396 g/mol. The number of nitrogens with zero attached hydrogens (tertiary/aromatic N) is 2. The number of ketones is 1. The maximum absolute atomic E-state index is 13.5. The first kappa shape index (κ1) is 20.7. The van der Waals surface area contributed by atoms with Crippen LogP contribution < -0.4 is 0 Å². The third-order valence-electron chi connectivity index (χ3n) is 5.06. The molecular weight excluding hydrogens is 371 g/mol. The average Bonchev–Trinajstić information content (AvgIpc) is 2.93. The van der Waals surface area contributed by atoms with Crippen LogP contribution in [0.15, 0.2) is 54.1 Å². The molecule has 1 fully saturated rings. The maximum Gasteiger partial charge on any atom is 0.295 e. The van der Waals surface area contributed by atoms with E-state index in [2.05, 4.69) is 0 Å². The number of likely N-dealkylation sites (tertiary alicyclic amines) is 1. The van der Waals surface area contributed by atoms with E-state index in [1.54, 1.807) is 24.3 Å². The molecule has 2 aromatic carbocycles. The number of carbonyl (C=O) groups excluding carboxylic acids is 2. The smallest absolute Gasteiger partial charge is 0.295 e. The second-order valence-corrected chi connectivity index (χ2v) is 7.57. The zero-order valence-electron chi connectivity index (χ0n) is 16.9. The number of halogens is 1. The summed E-state index contributed by atoms with van der Waals surface area (Å²) in [5, 5.41) is 10.9. The molecule has 1 atom stereocenters. The first-order chi connectivity index (χ1) is 13.8. The number of Topliss-reactive ketones (excluding diaryl/α,β-unsaturated/α-hetero) is 1. The van der Waals surface area contributed by atoms with Gasteiger partial charge in [0.2, 0.25) is 0 Å². The lowest BCUT2D eigenvalue weighted by atomic mass is 9.95. The van der Waals surface area contributed by atoms with E-state index in [0.29, 0.717) is 24.1 Å². The number of benzene rings is 2. The minimum Gasteiger partial charge on any atom is -0.507 e. The highest BCUT2D eigenvalue weighted by molar-refractivity contribution is 6.46. The summed E-state index contributed by atoms with van der Waals surface area (Å²) in [7, 11) is 3.87. The van der Waals surface area contributed by atoms with E-state index in [1.807, 2.05) is 38.1 Å². The van der Waals surface area contributed by atoms with Crippen LogP contribution in [0.4, 0.5) is 4.39 Å². The Morgan fingerprint density at radius 2 is 1.69 bits per heavy atom. The molecule has 1 saturated heterocycles. The van der Waals surface area contributed by atoms with E-state index in [4.69, 9.17) is 0 Å². The summed E-state index contributed by atoms with van der Waals surface area (Å²) in [5.74, 6) is -1.99. The standard InChI is InChI=1S/C23H25FN2O3/c1-15-5-7-17(8-6-15)21(27)19-20(16-9-11-18(24)12-10-16)26(23(29)22(19)28)14-4-13-25(2)3/h5-12,20,27H,4,13-14H2,1-3H3/b21-19-. The second kappa shape index (κ2) is 8.57. The van der Waals surface area contributed by atoms with Crippen molar-refractivity contribution >= 4 is 17.4 Å². The highest BCUT2D eigenvalue weighted by Gasteiger charge is 2.45. The van der Waals surface area contributed by atoms with Crippen LogP contribution in [-0.2, 0) is 9.59 Å². The molecule has 1 N–H and O–H groups in total. The number of hydrogen-bond donors (Lipinski definition) is 1. The Labute approximate surface area is 170 Å². The van der Waals surface area contributed by atoms with Gasteiger partial charge in [-0.05, 0) is 51.7 Å². The van der Waals surface area contributed by atoms with Gasteiger partial charge in [-0.25, -0.2) is 4.39 Å². The van der Waals surface area contributed by atoms with E-state index >= 15 is 0 Å². The lowest BCUT2D eigenvalue weighted by Crippen LogP contribution is -2.32. The quantitative estimate of drug-likeness (QED) is 0.461. The molecule has 5 nitrogen and oxygen atoms in total. The van der Waals surface area contributed by atoms with Gasteiger partial charge in [0.1, 0.15) is 11.6 Å². The molecule has 0 saturated carbocycles. The van der Waals surface area contributed by atoms with Crippen LogP contribution in [0.1, 0.15) is 29.2 Å². The van der Waals surface area contributed by atoms with Crippen molar-refractivity contribution < 1.29 is 19.1 Å². The molecule has 0 spiro atoms. The largest absolute Gasteiger partial charge is 0.507 e. The SMILES string of the molecule is Cc1ccc(/C(O)=C2/C(=O)C(=O)N(CCCN(C)C)C2c2ccc(F)cc2)cc1. The van der Waals surface area contributed by atoms with Crippen molar-refractivity contribution in [3.63, 3.8) is 0 Å². The van der Waals surface area contributed by atoms with E-state index in [1.165, 1.54) is 17.0 Å². The molecule has 3 rings (SSSR count). The Kier molecular flexibility index (Phi) is 6.13. The fourth-order valence-corrected chi connectivity index (χ4v) is 3.53. The van der Waals surface area contributed by atoms with Gasteiger partial charge in [-0.1, -0.05) is 42.0 Å². The van der Waals surface area contributed by atoms with Crippen molar-refractivity contribution in [3.05, 3.63) is 76.6 Å². The van der Waals surface area contributed by atoms with Crippen LogP contribution in [0.3, 0.4) is 0 Å². The van der Waals surface area contributed by atoms with Crippen LogP contribution in [0.25, 0.3) is 5.76 Å². The summed E-state index contributed by atoms with van der Waals surface area (Å²) in [6.07, 6.45) is 0.669. The lowest BCUT2D eigenvalue weighted by molar-refractivity contribution is -0.139. The second-order valence-electron chi connectivity index (χ2n) is 7.57. The summed E-state index contributed by atoms with van der Waals surface area (Å²) in [5.41, 5.74) is 2.11. The van der Waals surface area contributed by atoms with Crippen molar-refractivity contribution in [2.75, 3.05) is 27.2 Å².